The lowest BCUT2D eigenvalue weighted by molar-refractivity contribution is -0.385. The molecule has 7 nitrogen and oxygen atoms in total. The summed E-state index contributed by atoms with van der Waals surface area (Å²) in [5.74, 6) is 0.620. The number of nitrogens with zero attached hydrogens (tertiary/aromatic N) is 5. The Hall–Kier alpha value is -1.76. The maximum atomic E-state index is 10.6. The minimum atomic E-state index is -0.469. The second-order valence-electron chi connectivity index (χ2n) is 4.76. The van der Waals surface area contributed by atoms with Gasteiger partial charge in [0.25, 0.3) is 0 Å². The largest absolute Gasteiger partial charge is 0.336 e. The van der Waals surface area contributed by atoms with Crippen molar-refractivity contribution in [3.05, 3.63) is 22.5 Å². The van der Waals surface area contributed by atoms with Gasteiger partial charge in [0, 0.05) is 32.2 Å². The summed E-state index contributed by atoms with van der Waals surface area (Å²) in [5, 5.41) is 10.6. The fraction of sp³-hybridized carbons (Fsp3) is 0.636. The van der Waals surface area contributed by atoms with E-state index >= 15 is 0 Å². The summed E-state index contributed by atoms with van der Waals surface area (Å²) in [7, 11) is 0. The van der Waals surface area contributed by atoms with E-state index in [0.29, 0.717) is 12.0 Å². The number of nitro groups is 1. The Kier molecular flexibility index (Phi) is 2.83. The molecule has 1 aromatic heterocycles. The van der Waals surface area contributed by atoms with Crippen LogP contribution in [0.2, 0.25) is 0 Å². The van der Waals surface area contributed by atoms with Crippen molar-refractivity contribution in [1.29, 1.82) is 0 Å². The van der Waals surface area contributed by atoms with Crippen LogP contribution in [0, 0.1) is 10.1 Å². The number of anilines is 1. The highest BCUT2D eigenvalue weighted by Crippen LogP contribution is 2.24. The summed E-state index contributed by atoms with van der Waals surface area (Å²) in [5.41, 5.74) is -0.0541. The molecule has 0 aliphatic carbocycles. The third-order valence-electron chi connectivity index (χ3n) is 3.75. The van der Waals surface area contributed by atoms with E-state index in [1.165, 1.54) is 12.4 Å². The van der Waals surface area contributed by atoms with Crippen molar-refractivity contribution >= 4 is 11.6 Å². The summed E-state index contributed by atoms with van der Waals surface area (Å²) in [6.45, 7) is 4.20. The van der Waals surface area contributed by atoms with E-state index in [2.05, 4.69) is 19.8 Å². The summed E-state index contributed by atoms with van der Waals surface area (Å²) in [6.07, 6.45) is 4.83. The molecule has 3 aliphatic rings. The van der Waals surface area contributed by atoms with Crippen LogP contribution in [0.5, 0.6) is 0 Å². The Morgan fingerprint density at radius 2 is 1.83 bits per heavy atom. The molecule has 4 heterocycles. The van der Waals surface area contributed by atoms with E-state index in [9.17, 15) is 10.1 Å². The van der Waals surface area contributed by atoms with Crippen LogP contribution < -0.4 is 4.90 Å². The van der Waals surface area contributed by atoms with Crippen molar-refractivity contribution in [3.63, 3.8) is 0 Å². The van der Waals surface area contributed by atoms with Crippen LogP contribution in [-0.4, -0.2) is 52.0 Å². The molecule has 0 aromatic carbocycles. The molecule has 1 aromatic rings. The number of aromatic nitrogens is 2. The lowest BCUT2D eigenvalue weighted by atomic mass is 10.1. The highest BCUT2D eigenvalue weighted by atomic mass is 16.6. The van der Waals surface area contributed by atoms with Gasteiger partial charge in [-0.15, -0.1) is 0 Å². The number of fused-ring (bicyclic) bond motifs is 4. The Morgan fingerprint density at radius 3 is 2.44 bits per heavy atom. The maximum Gasteiger partial charge on any atom is 0.305 e. The van der Waals surface area contributed by atoms with Crippen molar-refractivity contribution in [1.82, 2.24) is 14.9 Å². The van der Waals surface area contributed by atoms with E-state index in [0.717, 1.165) is 39.0 Å². The fourth-order valence-corrected chi connectivity index (χ4v) is 2.71. The van der Waals surface area contributed by atoms with Gasteiger partial charge in [-0.2, -0.15) is 0 Å². The third-order valence-corrected chi connectivity index (χ3v) is 3.75. The van der Waals surface area contributed by atoms with Gasteiger partial charge in [-0.3, -0.25) is 10.1 Å². The summed E-state index contributed by atoms with van der Waals surface area (Å²) < 4.78 is 0. The van der Waals surface area contributed by atoms with E-state index < -0.39 is 4.92 Å². The van der Waals surface area contributed by atoms with E-state index in [4.69, 9.17) is 0 Å². The first-order valence-electron chi connectivity index (χ1n) is 6.19. The number of piperidine rings is 1. The van der Waals surface area contributed by atoms with E-state index in [1.807, 2.05) is 0 Å². The van der Waals surface area contributed by atoms with Crippen molar-refractivity contribution in [2.45, 2.75) is 18.9 Å². The second-order valence-corrected chi connectivity index (χ2v) is 4.76. The minimum absolute atomic E-state index is 0.0541. The Morgan fingerprint density at radius 1 is 1.17 bits per heavy atom. The van der Waals surface area contributed by atoms with Gasteiger partial charge in [0.05, 0.1) is 4.92 Å². The van der Waals surface area contributed by atoms with Crippen LogP contribution in [0.15, 0.2) is 12.4 Å². The molecule has 0 radical (unpaired) electrons. The van der Waals surface area contributed by atoms with Crippen LogP contribution in [0.4, 0.5) is 11.6 Å². The first-order chi connectivity index (χ1) is 8.74. The van der Waals surface area contributed by atoms with Gasteiger partial charge in [0.2, 0.25) is 5.95 Å². The predicted octanol–water partition coefficient (Wildman–Crippen LogP) is 0.669. The monoisotopic (exact) mass is 249 g/mol. The Bertz CT molecular complexity index is 441. The van der Waals surface area contributed by atoms with Gasteiger partial charge >= 0.3 is 5.69 Å². The molecule has 0 spiro atoms. The molecule has 0 unspecified atom stereocenters. The van der Waals surface area contributed by atoms with Gasteiger partial charge in [0.15, 0.2) is 0 Å². The van der Waals surface area contributed by atoms with Crippen LogP contribution in [0.3, 0.4) is 0 Å². The molecule has 18 heavy (non-hydrogen) atoms. The molecule has 0 amide bonds. The zero-order valence-electron chi connectivity index (χ0n) is 10.0. The summed E-state index contributed by atoms with van der Waals surface area (Å²) in [4.78, 5) is 23.0. The molecule has 96 valence electrons. The van der Waals surface area contributed by atoms with Crippen molar-refractivity contribution in [2.24, 2.45) is 0 Å². The van der Waals surface area contributed by atoms with Crippen LogP contribution in [0.1, 0.15) is 12.8 Å². The lowest BCUT2D eigenvalue weighted by Crippen LogP contribution is -2.38. The van der Waals surface area contributed by atoms with Crippen LogP contribution in [-0.2, 0) is 0 Å². The molecular formula is C11H15N5O2. The zero-order chi connectivity index (χ0) is 12.5. The summed E-state index contributed by atoms with van der Waals surface area (Å²) >= 11 is 0. The maximum absolute atomic E-state index is 10.6. The van der Waals surface area contributed by atoms with E-state index in [1.54, 1.807) is 0 Å². The molecule has 2 bridgehead atoms. The quantitative estimate of drug-likeness (QED) is 0.566. The molecule has 0 N–H and O–H groups in total. The SMILES string of the molecule is O=[N+]([O-])c1cnc(N2CCN3CCC2CC3)nc1. The first-order valence-corrected chi connectivity index (χ1v) is 6.19. The molecule has 4 rings (SSSR count). The fourth-order valence-electron chi connectivity index (χ4n) is 2.71. The molecule has 3 saturated heterocycles. The minimum Gasteiger partial charge on any atom is -0.336 e. The van der Waals surface area contributed by atoms with Gasteiger partial charge in [0.1, 0.15) is 12.4 Å². The first kappa shape index (κ1) is 11.3. The molecule has 0 atom stereocenters. The van der Waals surface area contributed by atoms with Gasteiger partial charge in [-0.25, -0.2) is 9.97 Å². The van der Waals surface area contributed by atoms with Crippen molar-refractivity contribution in [2.75, 3.05) is 31.1 Å². The van der Waals surface area contributed by atoms with Crippen molar-refractivity contribution in [3.8, 4) is 0 Å². The Balaban J connectivity index is 1.83. The topological polar surface area (TPSA) is 75.4 Å². The normalized spacial score (nSPS) is 27.0. The number of hydrogen-bond donors (Lipinski definition) is 0. The molecular weight excluding hydrogens is 234 g/mol. The predicted molar refractivity (Wildman–Crippen MR) is 65.5 cm³/mol. The zero-order valence-corrected chi connectivity index (χ0v) is 10.0. The number of rotatable bonds is 2. The lowest BCUT2D eigenvalue weighted by Gasteiger charge is -2.31. The van der Waals surface area contributed by atoms with Gasteiger partial charge in [-0.05, 0) is 12.8 Å². The average molecular weight is 249 g/mol. The summed E-state index contributed by atoms with van der Waals surface area (Å²) in [6, 6.07) is 0.477. The van der Waals surface area contributed by atoms with Crippen LogP contribution in [0.25, 0.3) is 0 Å². The third kappa shape index (κ3) is 2.01. The smallest absolute Gasteiger partial charge is 0.305 e. The molecule has 3 fully saturated rings. The van der Waals surface area contributed by atoms with Crippen LogP contribution >= 0.6 is 0 Å². The molecule has 3 aliphatic heterocycles. The van der Waals surface area contributed by atoms with E-state index in [-0.39, 0.29) is 5.69 Å². The highest BCUT2D eigenvalue weighted by molar-refractivity contribution is 5.36. The number of hydrogen-bond acceptors (Lipinski definition) is 6. The van der Waals surface area contributed by atoms with Gasteiger partial charge < -0.3 is 9.80 Å². The van der Waals surface area contributed by atoms with Gasteiger partial charge in [-0.1, -0.05) is 0 Å². The van der Waals surface area contributed by atoms with Crippen molar-refractivity contribution < 1.29 is 4.92 Å². The standard InChI is InChI=1S/C11H15N5O2/c17-16(18)10-7-12-11(13-8-10)15-6-5-14-3-1-9(15)2-4-14/h7-9H,1-6H2. The average Bonchev–Trinajstić information content (AvgIpc) is 2.72. The molecule has 0 saturated carbocycles. The Labute approximate surface area is 105 Å². The molecule has 7 heteroatoms. The highest BCUT2D eigenvalue weighted by Gasteiger charge is 2.30. The second kappa shape index (κ2) is 4.49.